The number of nitrogens with zero attached hydrogens (tertiary/aromatic N) is 3. The molecule has 1 heterocycles. The van der Waals surface area contributed by atoms with Crippen LogP contribution in [0.25, 0.3) is 0 Å². The van der Waals surface area contributed by atoms with E-state index in [-0.39, 0.29) is 0 Å². The molecule has 1 aliphatic rings. The van der Waals surface area contributed by atoms with E-state index in [1.54, 1.807) is 12.4 Å². The first-order valence-corrected chi connectivity index (χ1v) is 5.85. The van der Waals surface area contributed by atoms with Gasteiger partial charge in [0.2, 0.25) is 0 Å². The van der Waals surface area contributed by atoms with Crippen molar-refractivity contribution in [1.29, 1.82) is 0 Å². The standard InChI is InChI=1S/C11H16ClN3/c1-15(9-5-3-2-4-6-9)11-8-13-7-10(12)14-11/h7-9H,2-6H2,1H3. The molecule has 1 aliphatic carbocycles. The molecule has 0 bridgehead atoms. The van der Waals surface area contributed by atoms with Crippen LogP contribution in [-0.4, -0.2) is 23.1 Å². The first kappa shape index (κ1) is 10.7. The normalized spacial score (nSPS) is 17.7. The van der Waals surface area contributed by atoms with Gasteiger partial charge in [0, 0.05) is 13.1 Å². The Balaban J connectivity index is 2.08. The summed E-state index contributed by atoms with van der Waals surface area (Å²) >= 11 is 5.83. The fourth-order valence-corrected chi connectivity index (χ4v) is 2.30. The van der Waals surface area contributed by atoms with Crippen molar-refractivity contribution in [2.75, 3.05) is 11.9 Å². The van der Waals surface area contributed by atoms with Crippen LogP contribution < -0.4 is 4.90 Å². The van der Waals surface area contributed by atoms with Crippen LogP contribution in [0.3, 0.4) is 0 Å². The van der Waals surface area contributed by atoms with Gasteiger partial charge >= 0.3 is 0 Å². The summed E-state index contributed by atoms with van der Waals surface area (Å²) in [5.74, 6) is 0.884. The van der Waals surface area contributed by atoms with Gasteiger partial charge in [-0.2, -0.15) is 0 Å². The first-order chi connectivity index (χ1) is 7.27. The van der Waals surface area contributed by atoms with Gasteiger partial charge in [-0.05, 0) is 12.8 Å². The van der Waals surface area contributed by atoms with Gasteiger partial charge in [0.15, 0.2) is 0 Å². The largest absolute Gasteiger partial charge is 0.355 e. The fourth-order valence-electron chi connectivity index (χ4n) is 2.16. The van der Waals surface area contributed by atoms with Gasteiger partial charge in [0.1, 0.15) is 11.0 Å². The van der Waals surface area contributed by atoms with Crippen LogP contribution in [0.15, 0.2) is 12.4 Å². The third-order valence-corrected chi connectivity index (χ3v) is 3.26. The third-order valence-electron chi connectivity index (χ3n) is 3.08. The molecule has 0 amide bonds. The van der Waals surface area contributed by atoms with Crippen molar-refractivity contribution < 1.29 is 0 Å². The number of hydrogen-bond donors (Lipinski definition) is 0. The van der Waals surface area contributed by atoms with Crippen molar-refractivity contribution in [1.82, 2.24) is 9.97 Å². The first-order valence-electron chi connectivity index (χ1n) is 5.48. The van der Waals surface area contributed by atoms with Crippen LogP contribution in [-0.2, 0) is 0 Å². The predicted molar refractivity (Wildman–Crippen MR) is 62.3 cm³/mol. The average molecular weight is 226 g/mol. The number of hydrogen-bond acceptors (Lipinski definition) is 3. The topological polar surface area (TPSA) is 29.0 Å². The van der Waals surface area contributed by atoms with Crippen molar-refractivity contribution >= 4 is 17.4 Å². The Morgan fingerprint density at radius 3 is 2.67 bits per heavy atom. The van der Waals surface area contributed by atoms with Crippen LogP contribution in [0.1, 0.15) is 32.1 Å². The van der Waals surface area contributed by atoms with Crippen LogP contribution in [0, 0.1) is 0 Å². The highest BCUT2D eigenvalue weighted by Crippen LogP contribution is 2.24. The summed E-state index contributed by atoms with van der Waals surface area (Å²) in [5, 5.41) is 0.468. The fraction of sp³-hybridized carbons (Fsp3) is 0.636. The second-order valence-electron chi connectivity index (χ2n) is 4.10. The maximum atomic E-state index is 5.83. The van der Waals surface area contributed by atoms with Crippen molar-refractivity contribution in [2.24, 2.45) is 0 Å². The monoisotopic (exact) mass is 225 g/mol. The van der Waals surface area contributed by atoms with E-state index in [4.69, 9.17) is 11.6 Å². The van der Waals surface area contributed by atoms with E-state index in [9.17, 15) is 0 Å². The SMILES string of the molecule is CN(c1cncc(Cl)n1)C1CCCCC1. The minimum atomic E-state index is 0.468. The molecular weight excluding hydrogens is 210 g/mol. The summed E-state index contributed by atoms with van der Waals surface area (Å²) in [6.45, 7) is 0. The van der Waals surface area contributed by atoms with E-state index in [1.807, 2.05) is 0 Å². The Hall–Kier alpha value is -0.830. The highest BCUT2D eigenvalue weighted by Gasteiger charge is 2.19. The molecule has 0 spiro atoms. The van der Waals surface area contributed by atoms with Gasteiger partial charge in [-0.1, -0.05) is 30.9 Å². The molecule has 0 atom stereocenters. The molecule has 82 valence electrons. The lowest BCUT2D eigenvalue weighted by Gasteiger charge is -2.31. The lowest BCUT2D eigenvalue weighted by Crippen LogP contribution is -2.33. The van der Waals surface area contributed by atoms with Crippen molar-refractivity contribution in [3.05, 3.63) is 17.5 Å². The van der Waals surface area contributed by atoms with Gasteiger partial charge in [-0.15, -0.1) is 0 Å². The summed E-state index contributed by atoms with van der Waals surface area (Å²) in [6, 6.07) is 0.603. The zero-order chi connectivity index (χ0) is 10.7. The molecule has 0 aliphatic heterocycles. The van der Waals surface area contributed by atoms with Crippen LogP contribution in [0.2, 0.25) is 5.15 Å². The molecule has 15 heavy (non-hydrogen) atoms. The van der Waals surface area contributed by atoms with Crippen molar-refractivity contribution in [3.63, 3.8) is 0 Å². The molecule has 4 heteroatoms. The van der Waals surface area contributed by atoms with Crippen LogP contribution in [0.5, 0.6) is 0 Å². The molecule has 1 aromatic rings. The quantitative estimate of drug-likeness (QED) is 0.775. The Kier molecular flexibility index (Phi) is 3.41. The summed E-state index contributed by atoms with van der Waals surface area (Å²) in [5.41, 5.74) is 0. The Labute approximate surface area is 95.5 Å². The highest BCUT2D eigenvalue weighted by atomic mass is 35.5. The molecule has 0 unspecified atom stereocenters. The zero-order valence-electron chi connectivity index (χ0n) is 8.99. The summed E-state index contributed by atoms with van der Waals surface area (Å²) in [7, 11) is 2.08. The molecular formula is C11H16ClN3. The Morgan fingerprint density at radius 2 is 2.00 bits per heavy atom. The molecule has 0 aromatic carbocycles. The molecule has 2 rings (SSSR count). The number of anilines is 1. The van der Waals surface area contributed by atoms with Crippen molar-refractivity contribution in [2.45, 2.75) is 38.1 Å². The summed E-state index contributed by atoms with van der Waals surface area (Å²) < 4.78 is 0. The predicted octanol–water partition coefficient (Wildman–Crippen LogP) is 2.90. The molecule has 0 N–H and O–H groups in total. The number of halogens is 1. The Morgan fingerprint density at radius 1 is 1.27 bits per heavy atom. The lowest BCUT2D eigenvalue weighted by molar-refractivity contribution is 0.426. The van der Waals surface area contributed by atoms with Gasteiger partial charge in [-0.25, -0.2) is 4.98 Å². The summed E-state index contributed by atoms with van der Waals surface area (Å²) in [4.78, 5) is 10.5. The molecule has 0 saturated heterocycles. The smallest absolute Gasteiger partial charge is 0.149 e. The van der Waals surface area contributed by atoms with Gasteiger partial charge in [0.25, 0.3) is 0 Å². The number of aromatic nitrogens is 2. The minimum Gasteiger partial charge on any atom is -0.355 e. The third kappa shape index (κ3) is 2.59. The second kappa shape index (κ2) is 4.79. The van der Waals surface area contributed by atoms with Crippen LogP contribution in [0.4, 0.5) is 5.82 Å². The average Bonchev–Trinajstić information content (AvgIpc) is 2.29. The van der Waals surface area contributed by atoms with E-state index in [1.165, 1.54) is 32.1 Å². The molecule has 0 radical (unpaired) electrons. The maximum absolute atomic E-state index is 5.83. The molecule has 1 fully saturated rings. The van der Waals surface area contributed by atoms with E-state index in [0.717, 1.165) is 5.82 Å². The molecule has 1 aromatic heterocycles. The zero-order valence-corrected chi connectivity index (χ0v) is 9.74. The molecule has 3 nitrogen and oxygen atoms in total. The van der Waals surface area contributed by atoms with E-state index in [2.05, 4.69) is 21.9 Å². The maximum Gasteiger partial charge on any atom is 0.149 e. The number of rotatable bonds is 2. The van der Waals surface area contributed by atoms with Crippen LogP contribution >= 0.6 is 11.6 Å². The van der Waals surface area contributed by atoms with E-state index in [0.29, 0.717) is 11.2 Å². The minimum absolute atomic E-state index is 0.468. The van der Waals surface area contributed by atoms with Gasteiger partial charge in [-0.3, -0.25) is 4.98 Å². The van der Waals surface area contributed by atoms with Gasteiger partial charge < -0.3 is 4.90 Å². The van der Waals surface area contributed by atoms with Gasteiger partial charge in [0.05, 0.1) is 12.4 Å². The molecule has 1 saturated carbocycles. The Bertz CT molecular complexity index is 323. The summed E-state index contributed by atoms with van der Waals surface area (Å²) in [6.07, 6.45) is 9.87. The second-order valence-corrected chi connectivity index (χ2v) is 4.49. The van der Waals surface area contributed by atoms with E-state index < -0.39 is 0 Å². The van der Waals surface area contributed by atoms with Crippen molar-refractivity contribution in [3.8, 4) is 0 Å². The lowest BCUT2D eigenvalue weighted by atomic mass is 9.94. The highest BCUT2D eigenvalue weighted by molar-refractivity contribution is 6.29. The van der Waals surface area contributed by atoms with E-state index >= 15 is 0 Å².